The molecule has 0 aliphatic heterocycles. The Morgan fingerprint density at radius 2 is 1.90 bits per heavy atom. The minimum Gasteiger partial charge on any atom is -0.365 e. The van der Waals surface area contributed by atoms with E-state index in [2.05, 4.69) is 5.10 Å². The van der Waals surface area contributed by atoms with Gasteiger partial charge in [-0.1, -0.05) is 30.3 Å². The fraction of sp³-hybridized carbons (Fsp3) is 0.133. The summed E-state index contributed by atoms with van der Waals surface area (Å²) in [5.74, 6) is -0.740. The maximum atomic E-state index is 12.2. The zero-order valence-electron chi connectivity index (χ0n) is 11.3. The van der Waals surface area contributed by atoms with E-state index in [1.165, 1.54) is 4.68 Å². The number of carbonyl (C=O) groups is 1. The topological polar surface area (TPSA) is 77.4 Å². The van der Waals surface area contributed by atoms with Crippen LogP contribution in [0.5, 0.6) is 0 Å². The molecule has 0 aliphatic carbocycles. The van der Waals surface area contributed by atoms with Gasteiger partial charge in [-0.25, -0.2) is 4.68 Å². The van der Waals surface area contributed by atoms with Crippen LogP contribution >= 0.6 is 0 Å². The summed E-state index contributed by atoms with van der Waals surface area (Å²) in [5.41, 5.74) is 6.78. The number of aryl methyl sites for hydroxylation is 2. The van der Waals surface area contributed by atoms with Crippen molar-refractivity contribution >= 4 is 12.1 Å². The van der Waals surface area contributed by atoms with Crippen molar-refractivity contribution in [1.82, 2.24) is 4.68 Å². The van der Waals surface area contributed by atoms with Crippen molar-refractivity contribution < 1.29 is 4.79 Å². The second-order valence-electron chi connectivity index (χ2n) is 4.48. The molecule has 0 bridgehead atoms. The van der Waals surface area contributed by atoms with Crippen molar-refractivity contribution in [2.24, 2.45) is 10.8 Å². The first-order chi connectivity index (χ1) is 9.50. The van der Waals surface area contributed by atoms with Gasteiger partial charge >= 0.3 is 0 Å². The van der Waals surface area contributed by atoms with Gasteiger partial charge in [0.25, 0.3) is 11.5 Å². The molecule has 1 aromatic carbocycles. The maximum absolute atomic E-state index is 12.2. The monoisotopic (exact) mass is 269 g/mol. The number of pyridine rings is 1. The zero-order chi connectivity index (χ0) is 14.7. The van der Waals surface area contributed by atoms with Gasteiger partial charge in [-0.3, -0.25) is 9.59 Å². The molecule has 0 radical (unpaired) electrons. The lowest BCUT2D eigenvalue weighted by Crippen LogP contribution is -2.30. The van der Waals surface area contributed by atoms with E-state index in [0.717, 1.165) is 5.56 Å². The highest BCUT2D eigenvalue weighted by Crippen LogP contribution is 2.06. The Balaban J connectivity index is 2.53. The Bertz CT molecular complexity index is 731. The fourth-order valence-electron chi connectivity index (χ4n) is 1.99. The molecule has 0 saturated carbocycles. The zero-order valence-corrected chi connectivity index (χ0v) is 11.3. The van der Waals surface area contributed by atoms with E-state index in [1.807, 2.05) is 30.3 Å². The molecule has 1 amide bonds. The lowest BCUT2D eigenvalue weighted by molar-refractivity contribution is 0.0997. The molecule has 5 nitrogen and oxygen atoms in total. The largest absolute Gasteiger partial charge is 0.365 e. The Morgan fingerprint density at radius 1 is 1.25 bits per heavy atom. The molecule has 1 aromatic heterocycles. The van der Waals surface area contributed by atoms with Gasteiger partial charge in [0.15, 0.2) is 0 Å². The number of aromatic nitrogens is 1. The Labute approximate surface area is 116 Å². The summed E-state index contributed by atoms with van der Waals surface area (Å²) in [4.78, 5) is 23.6. The lowest BCUT2D eigenvalue weighted by Gasteiger charge is -2.08. The van der Waals surface area contributed by atoms with Crippen LogP contribution < -0.4 is 11.3 Å². The smallest absolute Gasteiger partial charge is 0.284 e. The predicted molar refractivity (Wildman–Crippen MR) is 78.1 cm³/mol. The van der Waals surface area contributed by atoms with Crippen molar-refractivity contribution in [2.45, 2.75) is 13.8 Å². The van der Waals surface area contributed by atoms with Gasteiger partial charge in [-0.15, -0.1) is 0 Å². The highest BCUT2D eigenvalue weighted by atomic mass is 16.2. The van der Waals surface area contributed by atoms with E-state index in [-0.39, 0.29) is 5.56 Å². The first-order valence-electron chi connectivity index (χ1n) is 6.13. The molecule has 2 rings (SSSR count). The second kappa shape index (κ2) is 5.52. The molecule has 0 spiro atoms. The number of hydrogen-bond donors (Lipinski definition) is 1. The fourth-order valence-corrected chi connectivity index (χ4v) is 1.99. The minimum absolute atomic E-state index is 0.0270. The molecule has 102 valence electrons. The van der Waals surface area contributed by atoms with E-state index in [4.69, 9.17) is 5.73 Å². The third-order valence-corrected chi connectivity index (χ3v) is 2.93. The maximum Gasteiger partial charge on any atom is 0.284 e. The van der Waals surface area contributed by atoms with Gasteiger partial charge in [-0.05, 0) is 31.0 Å². The second-order valence-corrected chi connectivity index (χ2v) is 4.48. The molecule has 0 fully saturated rings. The molecule has 5 heteroatoms. The van der Waals surface area contributed by atoms with Crippen LogP contribution in [-0.4, -0.2) is 16.8 Å². The molecule has 0 aliphatic rings. The highest BCUT2D eigenvalue weighted by molar-refractivity contribution is 5.93. The molecular formula is C15H15N3O2. The minimum atomic E-state index is -0.740. The van der Waals surface area contributed by atoms with Crippen LogP contribution in [0.25, 0.3) is 0 Å². The van der Waals surface area contributed by atoms with Gasteiger partial charge in [0.05, 0.1) is 6.21 Å². The van der Waals surface area contributed by atoms with Crippen LogP contribution in [0.4, 0.5) is 0 Å². The summed E-state index contributed by atoms with van der Waals surface area (Å²) in [6.45, 7) is 3.43. The molecule has 0 saturated heterocycles. The van der Waals surface area contributed by atoms with Crippen molar-refractivity contribution in [1.29, 1.82) is 0 Å². The number of hydrogen-bond acceptors (Lipinski definition) is 3. The van der Waals surface area contributed by atoms with E-state index >= 15 is 0 Å². The van der Waals surface area contributed by atoms with Gasteiger partial charge in [-0.2, -0.15) is 5.10 Å². The summed E-state index contributed by atoms with van der Waals surface area (Å²) in [7, 11) is 0. The molecule has 20 heavy (non-hydrogen) atoms. The quantitative estimate of drug-likeness (QED) is 0.856. The normalized spacial score (nSPS) is 10.9. The number of carbonyl (C=O) groups excluding carboxylic acids is 1. The van der Waals surface area contributed by atoms with E-state index < -0.39 is 11.5 Å². The number of amides is 1. The third kappa shape index (κ3) is 2.66. The van der Waals surface area contributed by atoms with Crippen molar-refractivity contribution in [3.63, 3.8) is 0 Å². The van der Waals surface area contributed by atoms with Gasteiger partial charge in [0, 0.05) is 5.69 Å². The average molecular weight is 269 g/mol. The number of rotatable bonds is 3. The molecule has 0 atom stereocenters. The van der Waals surface area contributed by atoms with Crippen LogP contribution in [0.1, 0.15) is 27.2 Å². The Hall–Kier alpha value is -2.69. The first-order valence-corrected chi connectivity index (χ1v) is 6.13. The predicted octanol–water partition coefficient (Wildman–Crippen LogP) is 1.45. The molecule has 1 heterocycles. The van der Waals surface area contributed by atoms with E-state index in [1.54, 1.807) is 26.1 Å². The Kier molecular flexibility index (Phi) is 3.79. The van der Waals surface area contributed by atoms with Gasteiger partial charge in [0.1, 0.15) is 5.56 Å². The first kappa shape index (κ1) is 13.7. The SMILES string of the molecule is Cc1cc(C)n(N=Cc2ccccc2)c(=O)c1C(N)=O. The standard InChI is InChI=1S/C15H15N3O2/c1-10-8-11(2)18(15(20)13(10)14(16)19)17-9-12-6-4-3-5-7-12/h3-9H,1-2H3,(H2,16,19). The van der Waals surface area contributed by atoms with Crippen LogP contribution in [-0.2, 0) is 0 Å². The summed E-state index contributed by atoms with van der Waals surface area (Å²) in [6.07, 6.45) is 1.56. The summed E-state index contributed by atoms with van der Waals surface area (Å²) >= 11 is 0. The van der Waals surface area contributed by atoms with Crippen molar-refractivity contribution in [3.8, 4) is 0 Å². The van der Waals surface area contributed by atoms with Gasteiger partial charge < -0.3 is 5.73 Å². The average Bonchev–Trinajstić information content (AvgIpc) is 2.38. The summed E-state index contributed by atoms with van der Waals surface area (Å²) < 4.78 is 1.18. The van der Waals surface area contributed by atoms with Crippen LogP contribution in [0, 0.1) is 13.8 Å². The Morgan fingerprint density at radius 3 is 2.50 bits per heavy atom. The third-order valence-electron chi connectivity index (χ3n) is 2.93. The number of primary amides is 1. The number of benzene rings is 1. The van der Waals surface area contributed by atoms with Crippen molar-refractivity contribution in [3.05, 3.63) is 69.1 Å². The summed E-state index contributed by atoms with van der Waals surface area (Å²) in [5, 5.41) is 4.13. The van der Waals surface area contributed by atoms with Crippen LogP contribution in [0.3, 0.4) is 0 Å². The molecule has 2 aromatic rings. The molecule has 2 N–H and O–H groups in total. The highest BCUT2D eigenvalue weighted by Gasteiger charge is 2.14. The van der Waals surface area contributed by atoms with E-state index in [0.29, 0.717) is 11.3 Å². The van der Waals surface area contributed by atoms with Crippen molar-refractivity contribution in [2.75, 3.05) is 0 Å². The number of nitrogens with two attached hydrogens (primary N) is 1. The van der Waals surface area contributed by atoms with E-state index in [9.17, 15) is 9.59 Å². The summed E-state index contributed by atoms with van der Waals surface area (Å²) in [6, 6.07) is 11.1. The van der Waals surface area contributed by atoms with Crippen LogP contribution in [0.15, 0.2) is 46.3 Å². The number of nitrogens with zero attached hydrogens (tertiary/aromatic N) is 2. The molecular weight excluding hydrogens is 254 g/mol. The van der Waals surface area contributed by atoms with Gasteiger partial charge in [0.2, 0.25) is 0 Å². The lowest BCUT2D eigenvalue weighted by atomic mass is 10.1. The molecule has 0 unspecified atom stereocenters. The van der Waals surface area contributed by atoms with Crippen LogP contribution in [0.2, 0.25) is 0 Å².